The van der Waals surface area contributed by atoms with E-state index in [1.54, 1.807) is 26.1 Å². The van der Waals surface area contributed by atoms with Crippen molar-refractivity contribution in [1.82, 2.24) is 25.1 Å². The third-order valence-corrected chi connectivity index (χ3v) is 8.41. The monoisotopic (exact) mass is 537 g/mol. The number of hydrogen-bond acceptors (Lipinski definition) is 6. The van der Waals surface area contributed by atoms with E-state index in [1.807, 2.05) is 13.8 Å². The predicted molar refractivity (Wildman–Crippen MR) is 146 cm³/mol. The Morgan fingerprint density at radius 3 is 2.46 bits per heavy atom. The Labute approximate surface area is 228 Å². The molecule has 3 amide bonds. The molecule has 0 radical (unpaired) electrons. The molecule has 5 N–H and O–H groups in total. The zero-order valence-electron chi connectivity index (χ0n) is 23.1. The second kappa shape index (κ2) is 10.5. The Kier molecular flexibility index (Phi) is 7.26. The molecule has 39 heavy (non-hydrogen) atoms. The van der Waals surface area contributed by atoms with Gasteiger partial charge in [-0.1, -0.05) is 19.9 Å². The zero-order chi connectivity index (χ0) is 27.9. The van der Waals surface area contributed by atoms with Gasteiger partial charge < -0.3 is 26.1 Å². The SMILES string of the molecule is CC(C)COc1c(C(=O)NC2C3CC4CC(C3)CC2C4)cnn1/C=C/C(C)(C)C(=O)Nc1nc[nH]c1C(N)=O. The Bertz CT molecular complexity index is 1250. The maximum absolute atomic E-state index is 13.5. The van der Waals surface area contributed by atoms with Crippen molar-refractivity contribution in [2.75, 3.05) is 11.9 Å². The van der Waals surface area contributed by atoms with Gasteiger partial charge in [0.15, 0.2) is 5.82 Å². The highest BCUT2D eigenvalue weighted by molar-refractivity contribution is 6.02. The normalized spacial score (nSPS) is 25.8. The van der Waals surface area contributed by atoms with Crippen LogP contribution < -0.4 is 21.1 Å². The Morgan fingerprint density at radius 2 is 1.85 bits per heavy atom. The van der Waals surface area contributed by atoms with Gasteiger partial charge in [-0.2, -0.15) is 5.10 Å². The molecule has 4 fully saturated rings. The minimum Gasteiger partial charge on any atom is -0.477 e. The van der Waals surface area contributed by atoms with Crippen molar-refractivity contribution >= 4 is 29.7 Å². The van der Waals surface area contributed by atoms with Crippen LogP contribution in [0.15, 0.2) is 18.6 Å². The highest BCUT2D eigenvalue weighted by Crippen LogP contribution is 2.53. The van der Waals surface area contributed by atoms with Gasteiger partial charge >= 0.3 is 0 Å². The average Bonchev–Trinajstić information content (AvgIpc) is 3.50. The molecule has 0 unspecified atom stereocenters. The number of primary amides is 1. The number of nitrogens with zero attached hydrogens (tertiary/aromatic N) is 3. The molecule has 0 saturated heterocycles. The highest BCUT2D eigenvalue weighted by atomic mass is 16.5. The maximum atomic E-state index is 13.5. The van der Waals surface area contributed by atoms with Gasteiger partial charge in [0.25, 0.3) is 11.8 Å². The fraction of sp³-hybridized carbons (Fsp3) is 0.607. The van der Waals surface area contributed by atoms with Crippen LogP contribution in [0.2, 0.25) is 0 Å². The highest BCUT2D eigenvalue weighted by Gasteiger charge is 2.48. The van der Waals surface area contributed by atoms with E-state index in [9.17, 15) is 14.4 Å². The van der Waals surface area contributed by atoms with E-state index in [4.69, 9.17) is 10.5 Å². The third-order valence-electron chi connectivity index (χ3n) is 8.41. The second-order valence-corrected chi connectivity index (χ2v) is 12.4. The van der Waals surface area contributed by atoms with Crippen LogP contribution in [0, 0.1) is 35.0 Å². The molecule has 4 aliphatic carbocycles. The summed E-state index contributed by atoms with van der Waals surface area (Å²) in [5.41, 5.74) is 4.73. The molecule has 0 atom stereocenters. The number of nitrogens with one attached hydrogen (secondary N) is 3. The van der Waals surface area contributed by atoms with Crippen LogP contribution in [0.1, 0.15) is 80.6 Å². The molecule has 210 valence electrons. The van der Waals surface area contributed by atoms with Crippen LogP contribution in [0.4, 0.5) is 5.82 Å². The standard InChI is InChI=1S/C28H39N7O4/c1-15(2)13-39-26-20(25(37)33-21-18-8-16-7-17(10-18)11-19(21)9-16)12-32-35(26)6-5-28(3,4)27(38)34-24-22(23(29)36)30-14-31-24/h5-6,12,14-19,21H,7-11,13H2,1-4H3,(H2,29,36)(H,30,31)(H,33,37)(H,34,38)/b6-5+. The van der Waals surface area contributed by atoms with E-state index in [-0.39, 0.29) is 29.4 Å². The number of H-pyrrole nitrogens is 1. The van der Waals surface area contributed by atoms with E-state index >= 15 is 0 Å². The molecule has 0 aliphatic heterocycles. The number of nitrogens with two attached hydrogens (primary N) is 1. The quantitative estimate of drug-likeness (QED) is 0.364. The van der Waals surface area contributed by atoms with Crippen molar-refractivity contribution in [3.8, 4) is 5.88 Å². The van der Waals surface area contributed by atoms with Crippen molar-refractivity contribution in [3.63, 3.8) is 0 Å². The number of anilines is 1. The van der Waals surface area contributed by atoms with E-state index in [0.717, 1.165) is 11.8 Å². The minimum atomic E-state index is -1.02. The molecular weight excluding hydrogens is 498 g/mol. The van der Waals surface area contributed by atoms with Crippen molar-refractivity contribution in [2.24, 2.45) is 40.7 Å². The van der Waals surface area contributed by atoms with Gasteiger partial charge in [-0.05, 0) is 75.5 Å². The van der Waals surface area contributed by atoms with E-state index in [1.165, 1.54) is 49.3 Å². The number of aromatic amines is 1. The summed E-state index contributed by atoms with van der Waals surface area (Å²) in [6.45, 7) is 7.92. The number of ether oxygens (including phenoxy) is 1. The van der Waals surface area contributed by atoms with Crippen LogP contribution in [-0.4, -0.2) is 50.1 Å². The van der Waals surface area contributed by atoms with Gasteiger partial charge in [-0.25, -0.2) is 9.67 Å². The Hall–Kier alpha value is -3.63. The summed E-state index contributed by atoms with van der Waals surface area (Å²) < 4.78 is 7.57. The topological polar surface area (TPSA) is 157 Å². The van der Waals surface area contributed by atoms with Gasteiger partial charge in [-0.3, -0.25) is 14.4 Å². The smallest absolute Gasteiger partial charge is 0.269 e. The molecule has 4 saturated carbocycles. The number of aromatic nitrogens is 4. The molecule has 2 aromatic heterocycles. The third kappa shape index (κ3) is 5.58. The maximum Gasteiger partial charge on any atom is 0.269 e. The fourth-order valence-electron chi connectivity index (χ4n) is 6.57. The summed E-state index contributed by atoms with van der Waals surface area (Å²) in [6.07, 6.45) is 12.3. The van der Waals surface area contributed by atoms with Crippen LogP contribution in [0.5, 0.6) is 5.88 Å². The van der Waals surface area contributed by atoms with Gasteiger partial charge in [0.05, 0.1) is 24.5 Å². The van der Waals surface area contributed by atoms with E-state index in [2.05, 4.69) is 25.7 Å². The van der Waals surface area contributed by atoms with E-state index in [0.29, 0.717) is 29.9 Å². The number of hydrogen-bond donors (Lipinski definition) is 4. The minimum absolute atomic E-state index is 0.0226. The molecular formula is C28H39N7O4. The molecule has 0 aromatic carbocycles. The summed E-state index contributed by atoms with van der Waals surface area (Å²) in [6, 6.07) is 0.206. The summed E-state index contributed by atoms with van der Waals surface area (Å²) in [5.74, 6) is 2.15. The number of amides is 3. The van der Waals surface area contributed by atoms with Gasteiger partial charge in [0.2, 0.25) is 11.8 Å². The van der Waals surface area contributed by atoms with Gasteiger partial charge in [0.1, 0.15) is 11.3 Å². The van der Waals surface area contributed by atoms with Crippen LogP contribution in [-0.2, 0) is 4.79 Å². The Morgan fingerprint density at radius 1 is 1.18 bits per heavy atom. The number of rotatable bonds is 10. The van der Waals surface area contributed by atoms with E-state index < -0.39 is 17.2 Å². The molecule has 2 heterocycles. The largest absolute Gasteiger partial charge is 0.477 e. The number of carbonyl (C=O) groups excluding carboxylic acids is 3. The van der Waals surface area contributed by atoms with Crippen LogP contribution >= 0.6 is 0 Å². The lowest BCUT2D eigenvalue weighted by Gasteiger charge is -2.54. The molecule has 11 nitrogen and oxygen atoms in total. The Balaban J connectivity index is 1.32. The average molecular weight is 538 g/mol. The zero-order valence-corrected chi connectivity index (χ0v) is 23.1. The van der Waals surface area contributed by atoms with Gasteiger partial charge in [-0.15, -0.1) is 0 Å². The first kappa shape index (κ1) is 27.0. The van der Waals surface area contributed by atoms with Crippen molar-refractivity contribution in [3.05, 3.63) is 29.9 Å². The second-order valence-electron chi connectivity index (χ2n) is 12.4. The predicted octanol–water partition coefficient (Wildman–Crippen LogP) is 3.43. The molecule has 4 aliphatic rings. The molecule has 0 spiro atoms. The van der Waals surface area contributed by atoms with Crippen molar-refractivity contribution < 1.29 is 19.1 Å². The molecule has 2 aromatic rings. The first-order valence-corrected chi connectivity index (χ1v) is 13.9. The summed E-state index contributed by atoms with van der Waals surface area (Å²) in [5, 5.41) is 10.4. The lowest BCUT2D eigenvalue weighted by molar-refractivity contribution is -0.121. The van der Waals surface area contributed by atoms with Crippen molar-refractivity contribution in [1.29, 1.82) is 0 Å². The molecule has 11 heteroatoms. The first-order chi connectivity index (χ1) is 18.5. The van der Waals surface area contributed by atoms with Crippen molar-refractivity contribution in [2.45, 2.75) is 65.8 Å². The summed E-state index contributed by atoms with van der Waals surface area (Å²) in [7, 11) is 0. The summed E-state index contributed by atoms with van der Waals surface area (Å²) in [4.78, 5) is 44.6. The molecule has 6 rings (SSSR count). The number of carbonyl (C=O) groups is 3. The number of imidazole rings is 1. The first-order valence-electron chi connectivity index (χ1n) is 13.9. The lowest BCUT2D eigenvalue weighted by atomic mass is 9.54. The van der Waals surface area contributed by atoms with Gasteiger partial charge in [0, 0.05) is 12.2 Å². The summed E-state index contributed by atoms with van der Waals surface area (Å²) >= 11 is 0. The van der Waals surface area contributed by atoms with Crippen LogP contribution in [0.3, 0.4) is 0 Å². The lowest BCUT2D eigenvalue weighted by Crippen LogP contribution is -2.55. The van der Waals surface area contributed by atoms with Crippen LogP contribution in [0.25, 0.3) is 6.20 Å². The fourth-order valence-corrected chi connectivity index (χ4v) is 6.57. The molecule has 4 bridgehead atoms.